The summed E-state index contributed by atoms with van der Waals surface area (Å²) in [5.41, 5.74) is 0. The van der Waals surface area contributed by atoms with E-state index in [9.17, 15) is 0 Å². The summed E-state index contributed by atoms with van der Waals surface area (Å²) in [5, 5.41) is 3.48. The van der Waals surface area contributed by atoms with Crippen molar-refractivity contribution in [2.45, 2.75) is 44.8 Å². The van der Waals surface area contributed by atoms with E-state index in [1.165, 1.54) is 25.7 Å². The zero-order valence-electron chi connectivity index (χ0n) is 11.8. The van der Waals surface area contributed by atoms with Gasteiger partial charge in [0, 0.05) is 38.0 Å². The van der Waals surface area contributed by atoms with E-state index in [0.717, 1.165) is 49.9 Å². The molecule has 0 aromatic rings. The molecular weight excluding hydrogens is 238 g/mol. The highest BCUT2D eigenvalue weighted by molar-refractivity contribution is 5.80. The number of likely N-dealkylation sites (tertiary alicyclic amines) is 1. The second kappa shape index (κ2) is 4.65. The van der Waals surface area contributed by atoms with Crippen molar-refractivity contribution in [3.8, 4) is 0 Å². The predicted molar refractivity (Wildman–Crippen MR) is 75.2 cm³/mol. The molecule has 4 aliphatic rings. The summed E-state index contributed by atoms with van der Waals surface area (Å²) in [6, 6.07) is 0. The normalized spacial score (nSPS) is 40.9. The van der Waals surface area contributed by atoms with E-state index in [1.54, 1.807) is 0 Å². The van der Waals surface area contributed by atoms with Gasteiger partial charge in [-0.25, -0.2) is 0 Å². The van der Waals surface area contributed by atoms with Gasteiger partial charge < -0.3 is 15.0 Å². The first-order valence-corrected chi connectivity index (χ1v) is 8.04. The van der Waals surface area contributed by atoms with E-state index in [1.807, 2.05) is 0 Å². The molecule has 0 aromatic heterocycles. The maximum absolute atomic E-state index is 6.05. The van der Waals surface area contributed by atoms with Crippen LogP contribution in [0.5, 0.6) is 0 Å². The summed E-state index contributed by atoms with van der Waals surface area (Å²) < 4.78 is 6.05. The molecule has 0 aromatic carbocycles. The number of guanidine groups is 1. The summed E-state index contributed by atoms with van der Waals surface area (Å²) >= 11 is 0. The summed E-state index contributed by atoms with van der Waals surface area (Å²) in [5.74, 6) is 3.56. The minimum Gasteiger partial charge on any atom is -0.374 e. The number of fused-ring (bicyclic) bond motifs is 5. The monoisotopic (exact) mass is 263 g/mol. The van der Waals surface area contributed by atoms with Crippen LogP contribution in [-0.4, -0.2) is 49.2 Å². The molecule has 1 aliphatic carbocycles. The van der Waals surface area contributed by atoms with Crippen molar-refractivity contribution in [2.75, 3.05) is 26.2 Å². The van der Waals surface area contributed by atoms with Crippen LogP contribution in [0.15, 0.2) is 4.99 Å². The van der Waals surface area contributed by atoms with Gasteiger partial charge >= 0.3 is 0 Å². The third kappa shape index (κ3) is 2.14. The highest BCUT2D eigenvalue weighted by Crippen LogP contribution is 2.47. The molecular formula is C15H25N3O. The second-order valence-corrected chi connectivity index (χ2v) is 6.66. The van der Waals surface area contributed by atoms with E-state index in [4.69, 9.17) is 9.73 Å². The lowest BCUT2D eigenvalue weighted by molar-refractivity contribution is 0.0767. The van der Waals surface area contributed by atoms with Crippen LogP contribution in [0.1, 0.15) is 32.6 Å². The number of nitrogens with one attached hydrogen (secondary N) is 1. The lowest BCUT2D eigenvalue weighted by Gasteiger charge is -2.23. The highest BCUT2D eigenvalue weighted by Gasteiger charge is 2.53. The summed E-state index contributed by atoms with van der Waals surface area (Å²) in [7, 11) is 0. The number of hydrogen-bond acceptors (Lipinski definition) is 2. The van der Waals surface area contributed by atoms with Crippen molar-refractivity contribution in [3.63, 3.8) is 0 Å². The van der Waals surface area contributed by atoms with E-state index in [0.29, 0.717) is 12.2 Å². The molecule has 4 nitrogen and oxygen atoms in total. The molecule has 1 N–H and O–H groups in total. The van der Waals surface area contributed by atoms with Crippen LogP contribution in [0.4, 0.5) is 0 Å². The first kappa shape index (κ1) is 12.0. The third-order valence-electron chi connectivity index (χ3n) is 5.28. The summed E-state index contributed by atoms with van der Waals surface area (Å²) in [4.78, 5) is 7.34. The molecule has 4 unspecified atom stereocenters. The van der Waals surface area contributed by atoms with Gasteiger partial charge in [-0.3, -0.25) is 4.99 Å². The zero-order chi connectivity index (χ0) is 12.8. The van der Waals surface area contributed by atoms with Gasteiger partial charge in [-0.05, 0) is 38.5 Å². The first-order valence-electron chi connectivity index (χ1n) is 8.04. The van der Waals surface area contributed by atoms with Crippen molar-refractivity contribution >= 4 is 5.96 Å². The standard InChI is InChI=1S/C15H25N3O/c1-2-16-15(17-7-10-3-4-10)18-8-11-12(9-18)14-6-5-13(11)19-14/h10-14H,2-9H2,1H3,(H,16,17). The lowest BCUT2D eigenvalue weighted by Crippen LogP contribution is -2.41. The zero-order valence-corrected chi connectivity index (χ0v) is 11.8. The Bertz CT molecular complexity index is 362. The summed E-state index contributed by atoms with van der Waals surface area (Å²) in [6.07, 6.45) is 6.43. The van der Waals surface area contributed by atoms with Crippen molar-refractivity contribution in [3.05, 3.63) is 0 Å². The minimum atomic E-state index is 0.548. The molecule has 3 heterocycles. The number of aliphatic imine (C=N–C) groups is 1. The van der Waals surface area contributed by atoms with Crippen LogP contribution in [0.2, 0.25) is 0 Å². The Hall–Kier alpha value is -0.770. The van der Waals surface area contributed by atoms with Crippen LogP contribution < -0.4 is 5.32 Å². The average molecular weight is 263 g/mol. The Labute approximate surface area is 115 Å². The minimum absolute atomic E-state index is 0.548. The first-order chi connectivity index (χ1) is 9.35. The van der Waals surface area contributed by atoms with Crippen LogP contribution >= 0.6 is 0 Å². The van der Waals surface area contributed by atoms with E-state index >= 15 is 0 Å². The molecule has 4 rings (SSSR count). The van der Waals surface area contributed by atoms with Gasteiger partial charge in [0.05, 0.1) is 12.2 Å². The van der Waals surface area contributed by atoms with Gasteiger partial charge in [-0.1, -0.05) is 0 Å². The molecule has 4 atom stereocenters. The summed E-state index contributed by atoms with van der Waals surface area (Å²) in [6.45, 7) is 6.47. The fourth-order valence-electron chi connectivity index (χ4n) is 4.07. The van der Waals surface area contributed by atoms with E-state index < -0.39 is 0 Å². The molecule has 3 aliphatic heterocycles. The Morgan fingerprint density at radius 2 is 1.84 bits per heavy atom. The fourth-order valence-corrected chi connectivity index (χ4v) is 4.07. The molecule has 3 saturated heterocycles. The Kier molecular flexibility index (Phi) is 2.94. The van der Waals surface area contributed by atoms with E-state index in [2.05, 4.69) is 17.1 Å². The lowest BCUT2D eigenvalue weighted by atomic mass is 9.82. The Morgan fingerprint density at radius 3 is 2.42 bits per heavy atom. The molecule has 4 fully saturated rings. The molecule has 2 bridgehead atoms. The number of hydrogen-bond donors (Lipinski definition) is 1. The SMILES string of the molecule is CCNC(=NCC1CC1)N1CC2C3CCC(O3)C2C1. The van der Waals surface area contributed by atoms with Gasteiger partial charge in [-0.15, -0.1) is 0 Å². The Morgan fingerprint density at radius 1 is 1.16 bits per heavy atom. The van der Waals surface area contributed by atoms with Crippen molar-refractivity contribution in [1.29, 1.82) is 0 Å². The van der Waals surface area contributed by atoms with Gasteiger partial charge in [0.15, 0.2) is 5.96 Å². The predicted octanol–water partition coefficient (Wildman–Crippen LogP) is 1.47. The fraction of sp³-hybridized carbons (Fsp3) is 0.933. The molecule has 1 saturated carbocycles. The second-order valence-electron chi connectivity index (χ2n) is 6.66. The number of ether oxygens (including phenoxy) is 1. The van der Waals surface area contributed by atoms with Gasteiger partial charge in [0.1, 0.15) is 0 Å². The maximum atomic E-state index is 6.05. The van der Waals surface area contributed by atoms with Gasteiger partial charge in [0.25, 0.3) is 0 Å². The highest BCUT2D eigenvalue weighted by atomic mass is 16.5. The maximum Gasteiger partial charge on any atom is 0.193 e. The molecule has 0 amide bonds. The van der Waals surface area contributed by atoms with Crippen LogP contribution in [0, 0.1) is 17.8 Å². The van der Waals surface area contributed by atoms with Crippen molar-refractivity contribution in [2.24, 2.45) is 22.7 Å². The van der Waals surface area contributed by atoms with Crippen molar-refractivity contribution < 1.29 is 4.74 Å². The van der Waals surface area contributed by atoms with Gasteiger partial charge in [0.2, 0.25) is 0 Å². The molecule has 106 valence electrons. The van der Waals surface area contributed by atoms with Crippen molar-refractivity contribution in [1.82, 2.24) is 10.2 Å². The molecule has 19 heavy (non-hydrogen) atoms. The third-order valence-corrected chi connectivity index (χ3v) is 5.28. The molecule has 0 radical (unpaired) electrons. The van der Waals surface area contributed by atoms with Crippen LogP contribution in [0.3, 0.4) is 0 Å². The van der Waals surface area contributed by atoms with Crippen LogP contribution in [0.25, 0.3) is 0 Å². The van der Waals surface area contributed by atoms with Crippen LogP contribution in [-0.2, 0) is 4.74 Å². The largest absolute Gasteiger partial charge is 0.374 e. The average Bonchev–Trinajstić information content (AvgIpc) is 2.87. The van der Waals surface area contributed by atoms with E-state index in [-0.39, 0.29) is 0 Å². The Balaban J connectivity index is 1.44. The molecule has 4 heteroatoms. The molecule has 0 spiro atoms. The number of rotatable bonds is 3. The quantitative estimate of drug-likeness (QED) is 0.619. The topological polar surface area (TPSA) is 36.9 Å². The smallest absolute Gasteiger partial charge is 0.193 e. The van der Waals surface area contributed by atoms with Gasteiger partial charge in [-0.2, -0.15) is 0 Å². The number of nitrogens with zero attached hydrogens (tertiary/aromatic N) is 2.